The van der Waals surface area contributed by atoms with Gasteiger partial charge in [0.25, 0.3) is 0 Å². The zero-order valence-electron chi connectivity index (χ0n) is 68.0. The number of hydrogen-bond donors (Lipinski definition) is 3. The van der Waals surface area contributed by atoms with Crippen molar-refractivity contribution in [2.24, 2.45) is 0 Å². The van der Waals surface area contributed by atoms with E-state index < -0.39 is 97.5 Å². The number of carbonyl (C=O) groups is 4. The Labute approximate surface area is 638 Å². The topological polar surface area (TPSA) is 237 Å². The van der Waals surface area contributed by atoms with Gasteiger partial charge in [-0.15, -0.1) is 0 Å². The summed E-state index contributed by atoms with van der Waals surface area (Å²) in [7, 11) is -9.92. The standard InChI is InChI=1S/C85H166O17P2/c1-5-9-13-17-21-25-29-32-35-38-39-42-45-48-52-56-60-64-68-72-85(90)102-81(76-96-83(88)70-66-62-58-54-50-46-43-40-36-33-30-26-22-18-14-10-6-2)78-100-104(93,94)98-74-79(86)73-97-103(91,92)99-77-80(75-95-82(87)69-65-61-57-53-49-28-24-20-16-12-8-4)101-84(89)71-67-63-59-55-51-47-44-41-37-34-31-27-23-19-15-11-7-3/h79-81,86H,5-78H2,1-4H3,(H,91,92)(H,93,94)/t79?,80-,81-/m1/s1. The molecular formula is C85H166O17P2. The molecule has 5 atom stereocenters. The number of ether oxygens (including phenoxy) is 4. The molecule has 17 nitrogen and oxygen atoms in total. The second-order valence-electron chi connectivity index (χ2n) is 30.6. The molecule has 104 heavy (non-hydrogen) atoms. The summed E-state index contributed by atoms with van der Waals surface area (Å²) in [6, 6.07) is 0. The first-order valence-electron chi connectivity index (χ1n) is 44.3. The van der Waals surface area contributed by atoms with E-state index in [1.54, 1.807) is 0 Å². The van der Waals surface area contributed by atoms with Crippen molar-refractivity contribution in [3.63, 3.8) is 0 Å². The number of phosphoric ester groups is 2. The van der Waals surface area contributed by atoms with Gasteiger partial charge in [0.15, 0.2) is 12.2 Å². The van der Waals surface area contributed by atoms with Crippen molar-refractivity contribution in [2.45, 2.75) is 483 Å². The van der Waals surface area contributed by atoms with E-state index in [9.17, 15) is 43.2 Å². The lowest BCUT2D eigenvalue weighted by atomic mass is 10.0. The van der Waals surface area contributed by atoms with E-state index in [2.05, 4.69) is 27.7 Å². The van der Waals surface area contributed by atoms with E-state index in [1.165, 1.54) is 295 Å². The van der Waals surface area contributed by atoms with Crippen molar-refractivity contribution in [1.29, 1.82) is 0 Å². The first-order chi connectivity index (χ1) is 50.7. The third-order valence-corrected chi connectivity index (χ3v) is 22.0. The van der Waals surface area contributed by atoms with Gasteiger partial charge in [-0.1, -0.05) is 413 Å². The van der Waals surface area contributed by atoms with Gasteiger partial charge in [0.1, 0.15) is 19.3 Å². The minimum atomic E-state index is -4.96. The maximum atomic E-state index is 13.1. The minimum absolute atomic E-state index is 0.109. The van der Waals surface area contributed by atoms with E-state index in [1.807, 2.05) is 0 Å². The lowest BCUT2D eigenvalue weighted by Gasteiger charge is -2.21. The van der Waals surface area contributed by atoms with Crippen molar-refractivity contribution >= 4 is 39.5 Å². The highest BCUT2D eigenvalue weighted by atomic mass is 31.2. The number of unbranched alkanes of at least 4 members (excludes halogenated alkanes) is 60. The van der Waals surface area contributed by atoms with Crippen LogP contribution in [0.15, 0.2) is 0 Å². The molecule has 0 aliphatic heterocycles. The summed E-state index contributed by atoms with van der Waals surface area (Å²) < 4.78 is 68.9. The maximum Gasteiger partial charge on any atom is 0.472 e. The number of esters is 4. The first kappa shape index (κ1) is 102. The van der Waals surface area contributed by atoms with Gasteiger partial charge < -0.3 is 33.8 Å². The van der Waals surface area contributed by atoms with Crippen molar-refractivity contribution in [3.8, 4) is 0 Å². The van der Waals surface area contributed by atoms with Gasteiger partial charge in [-0.05, 0) is 25.7 Å². The molecule has 0 rings (SSSR count). The van der Waals surface area contributed by atoms with Crippen LogP contribution in [-0.4, -0.2) is 96.7 Å². The van der Waals surface area contributed by atoms with Gasteiger partial charge >= 0.3 is 39.5 Å². The molecule has 0 aromatic rings. The molecule has 0 spiro atoms. The lowest BCUT2D eigenvalue weighted by molar-refractivity contribution is -0.161. The van der Waals surface area contributed by atoms with Gasteiger partial charge in [-0.2, -0.15) is 0 Å². The lowest BCUT2D eigenvalue weighted by Crippen LogP contribution is -2.30. The Balaban J connectivity index is 5.24. The van der Waals surface area contributed by atoms with Gasteiger partial charge in [0.2, 0.25) is 0 Å². The highest BCUT2D eigenvalue weighted by molar-refractivity contribution is 7.47. The Morgan fingerprint density at radius 1 is 0.231 bits per heavy atom. The molecule has 19 heteroatoms. The molecule has 3 N–H and O–H groups in total. The van der Waals surface area contributed by atoms with E-state index in [0.29, 0.717) is 25.7 Å². The average Bonchev–Trinajstić information content (AvgIpc) is 0.908. The van der Waals surface area contributed by atoms with Crippen molar-refractivity contribution in [2.75, 3.05) is 39.6 Å². The molecule has 0 amide bonds. The van der Waals surface area contributed by atoms with Crippen LogP contribution >= 0.6 is 15.6 Å². The summed E-state index contributed by atoms with van der Waals surface area (Å²) in [6.45, 7) is 5.06. The molecule has 0 saturated carbocycles. The monoisotopic (exact) mass is 1520 g/mol. The Kier molecular flexibility index (Phi) is 77.7. The summed E-state index contributed by atoms with van der Waals surface area (Å²) in [5.74, 6) is -2.10. The summed E-state index contributed by atoms with van der Waals surface area (Å²) in [4.78, 5) is 73.2. The number of aliphatic hydroxyl groups is 1. The molecule has 618 valence electrons. The third-order valence-electron chi connectivity index (χ3n) is 20.1. The largest absolute Gasteiger partial charge is 0.472 e. The number of aliphatic hydroxyl groups excluding tert-OH is 1. The predicted octanol–water partition coefficient (Wildman–Crippen LogP) is 26.1. The van der Waals surface area contributed by atoms with E-state index >= 15 is 0 Å². The quantitative estimate of drug-likeness (QED) is 0.0222. The van der Waals surface area contributed by atoms with Crippen LogP contribution in [0.3, 0.4) is 0 Å². The van der Waals surface area contributed by atoms with Crippen molar-refractivity contribution in [1.82, 2.24) is 0 Å². The van der Waals surface area contributed by atoms with Crippen LogP contribution in [0, 0.1) is 0 Å². The summed E-state index contributed by atoms with van der Waals surface area (Å²) >= 11 is 0. The molecule has 0 fully saturated rings. The molecule has 0 heterocycles. The van der Waals surface area contributed by atoms with Crippen LogP contribution in [-0.2, 0) is 65.4 Å². The Morgan fingerprint density at radius 3 is 0.567 bits per heavy atom. The number of hydrogen-bond acceptors (Lipinski definition) is 15. The van der Waals surface area contributed by atoms with Crippen LogP contribution in [0.2, 0.25) is 0 Å². The normalized spacial score (nSPS) is 13.7. The molecule has 0 radical (unpaired) electrons. The fourth-order valence-electron chi connectivity index (χ4n) is 13.3. The molecule has 0 aromatic carbocycles. The Bertz CT molecular complexity index is 1960. The summed E-state index contributed by atoms with van der Waals surface area (Å²) in [5, 5.41) is 10.7. The first-order valence-corrected chi connectivity index (χ1v) is 47.3. The molecule has 3 unspecified atom stereocenters. The molecule has 0 saturated heterocycles. The Morgan fingerprint density at radius 2 is 0.385 bits per heavy atom. The zero-order valence-corrected chi connectivity index (χ0v) is 69.8. The fourth-order valence-corrected chi connectivity index (χ4v) is 14.9. The van der Waals surface area contributed by atoms with E-state index in [4.69, 9.17) is 37.0 Å². The maximum absolute atomic E-state index is 13.1. The van der Waals surface area contributed by atoms with Gasteiger partial charge in [-0.3, -0.25) is 37.3 Å². The van der Waals surface area contributed by atoms with Crippen LogP contribution in [0.1, 0.15) is 464 Å². The molecule has 0 aromatic heterocycles. The predicted molar refractivity (Wildman–Crippen MR) is 428 cm³/mol. The smallest absolute Gasteiger partial charge is 0.462 e. The fraction of sp³-hybridized carbons (Fsp3) is 0.953. The van der Waals surface area contributed by atoms with Crippen LogP contribution in [0.25, 0.3) is 0 Å². The SMILES string of the molecule is CCCCCCCCCCCCCCCCCCCCCC(=O)O[C@H](COC(=O)CCCCCCCCCCCCCCCCCCC)COP(=O)(O)OCC(O)COP(=O)(O)OC[C@@H](COC(=O)CCCCCCCCCCCCC)OC(=O)CCCCCCCCCCCCCCCCCCC. The number of rotatable bonds is 86. The molecule has 0 aliphatic carbocycles. The highest BCUT2D eigenvalue weighted by Crippen LogP contribution is 2.45. The number of carbonyl (C=O) groups excluding carboxylic acids is 4. The van der Waals surface area contributed by atoms with Crippen LogP contribution in [0.4, 0.5) is 0 Å². The molecular weight excluding hydrogens is 1350 g/mol. The van der Waals surface area contributed by atoms with Crippen LogP contribution < -0.4 is 0 Å². The average molecular weight is 1520 g/mol. The van der Waals surface area contributed by atoms with E-state index in [-0.39, 0.29) is 25.7 Å². The van der Waals surface area contributed by atoms with Crippen molar-refractivity contribution in [3.05, 3.63) is 0 Å². The van der Waals surface area contributed by atoms with Gasteiger partial charge in [-0.25, -0.2) is 9.13 Å². The van der Waals surface area contributed by atoms with Crippen molar-refractivity contribution < 1.29 is 80.2 Å². The van der Waals surface area contributed by atoms with E-state index in [0.717, 1.165) is 89.9 Å². The third kappa shape index (κ3) is 78.2. The minimum Gasteiger partial charge on any atom is -0.462 e. The zero-order chi connectivity index (χ0) is 76.0. The van der Waals surface area contributed by atoms with Gasteiger partial charge in [0.05, 0.1) is 26.4 Å². The summed E-state index contributed by atoms with van der Waals surface area (Å²) in [5.41, 5.74) is 0. The second kappa shape index (κ2) is 79.2. The van der Waals surface area contributed by atoms with Crippen LogP contribution in [0.5, 0.6) is 0 Å². The van der Waals surface area contributed by atoms with Gasteiger partial charge in [0, 0.05) is 25.7 Å². The second-order valence-corrected chi connectivity index (χ2v) is 33.5. The number of phosphoric acid groups is 2. The molecule has 0 aliphatic rings. The summed E-state index contributed by atoms with van der Waals surface area (Å²) in [6.07, 6.45) is 73.5. The Hall–Kier alpha value is -1.94. The molecule has 0 bridgehead atoms. The highest BCUT2D eigenvalue weighted by Gasteiger charge is 2.30.